The predicted molar refractivity (Wildman–Crippen MR) is 99.7 cm³/mol. The summed E-state index contributed by atoms with van der Waals surface area (Å²) in [6.45, 7) is 0.950. The molecule has 0 atom stereocenters. The highest BCUT2D eigenvalue weighted by Gasteiger charge is 2.32. The molecule has 0 spiro atoms. The Balaban J connectivity index is 1.67. The van der Waals surface area contributed by atoms with Gasteiger partial charge in [0.05, 0.1) is 5.56 Å². The van der Waals surface area contributed by atoms with Gasteiger partial charge in [-0.15, -0.1) is 0 Å². The van der Waals surface area contributed by atoms with E-state index in [4.69, 9.17) is 23.2 Å². The summed E-state index contributed by atoms with van der Waals surface area (Å²) in [5.74, 6) is -0.764. The van der Waals surface area contributed by atoms with Crippen molar-refractivity contribution in [3.63, 3.8) is 0 Å². The molecule has 2 aromatic rings. The minimum atomic E-state index is -4.51. The van der Waals surface area contributed by atoms with Gasteiger partial charge in [0.2, 0.25) is 0 Å². The lowest BCUT2D eigenvalue weighted by Gasteiger charge is -2.35. The van der Waals surface area contributed by atoms with Crippen molar-refractivity contribution in [3.05, 3.63) is 69.2 Å². The van der Waals surface area contributed by atoms with E-state index in [1.54, 1.807) is 4.90 Å². The van der Waals surface area contributed by atoms with Gasteiger partial charge in [-0.1, -0.05) is 29.3 Å². The van der Waals surface area contributed by atoms with Crippen molar-refractivity contribution in [2.24, 2.45) is 0 Å². The van der Waals surface area contributed by atoms with Crippen LogP contribution in [-0.2, 0) is 6.18 Å². The van der Waals surface area contributed by atoms with Gasteiger partial charge in [-0.2, -0.15) is 13.2 Å². The number of halogens is 5. The van der Waals surface area contributed by atoms with Crippen LogP contribution >= 0.6 is 23.2 Å². The van der Waals surface area contributed by atoms with Crippen LogP contribution in [0, 0.1) is 0 Å². The molecule has 0 bridgehead atoms. The van der Waals surface area contributed by atoms with Gasteiger partial charge in [-0.05, 0) is 36.4 Å². The molecule has 2 aromatic carbocycles. The van der Waals surface area contributed by atoms with Crippen LogP contribution in [0.4, 0.5) is 13.2 Å². The molecule has 4 nitrogen and oxygen atoms in total. The first-order valence-electron chi connectivity index (χ1n) is 8.37. The van der Waals surface area contributed by atoms with Crippen molar-refractivity contribution in [2.75, 3.05) is 26.2 Å². The van der Waals surface area contributed by atoms with E-state index in [2.05, 4.69) is 0 Å². The number of hydrogen-bond donors (Lipinski definition) is 0. The Labute approximate surface area is 169 Å². The maximum absolute atomic E-state index is 12.8. The van der Waals surface area contributed by atoms with Crippen molar-refractivity contribution in [1.29, 1.82) is 0 Å². The van der Waals surface area contributed by atoms with Crippen LogP contribution in [0.5, 0.6) is 0 Å². The third kappa shape index (κ3) is 4.59. The van der Waals surface area contributed by atoms with E-state index in [9.17, 15) is 22.8 Å². The van der Waals surface area contributed by atoms with Gasteiger partial charge < -0.3 is 9.80 Å². The first kappa shape index (κ1) is 20.5. The number of carbonyl (C=O) groups excluding carboxylic acids is 2. The topological polar surface area (TPSA) is 40.6 Å². The zero-order valence-corrected chi connectivity index (χ0v) is 16.0. The lowest BCUT2D eigenvalue weighted by molar-refractivity contribution is -0.137. The second-order valence-electron chi connectivity index (χ2n) is 6.32. The normalized spacial score (nSPS) is 14.9. The van der Waals surface area contributed by atoms with E-state index in [-0.39, 0.29) is 37.6 Å². The largest absolute Gasteiger partial charge is 0.416 e. The molecule has 1 heterocycles. The molecule has 0 radical (unpaired) electrons. The van der Waals surface area contributed by atoms with Gasteiger partial charge in [-0.25, -0.2) is 0 Å². The van der Waals surface area contributed by atoms with Crippen LogP contribution in [-0.4, -0.2) is 47.8 Å². The molecular formula is C19H15Cl2F3N2O2. The fraction of sp³-hybridized carbons (Fsp3) is 0.263. The van der Waals surface area contributed by atoms with Crippen LogP contribution in [0.25, 0.3) is 0 Å². The molecule has 1 fully saturated rings. The third-order valence-corrected chi connectivity index (χ3v) is 4.84. The second-order valence-corrected chi connectivity index (χ2v) is 7.19. The van der Waals surface area contributed by atoms with Crippen molar-refractivity contribution in [2.45, 2.75) is 6.18 Å². The summed E-state index contributed by atoms with van der Waals surface area (Å²) >= 11 is 11.8. The molecule has 3 rings (SSSR count). The fourth-order valence-electron chi connectivity index (χ4n) is 2.98. The molecule has 148 valence electrons. The molecule has 0 saturated carbocycles. The molecule has 28 heavy (non-hydrogen) atoms. The van der Waals surface area contributed by atoms with E-state index >= 15 is 0 Å². The number of piperazine rings is 1. The summed E-state index contributed by atoms with van der Waals surface area (Å²) in [7, 11) is 0. The highest BCUT2D eigenvalue weighted by molar-refractivity contribution is 6.35. The summed E-state index contributed by atoms with van der Waals surface area (Å²) in [4.78, 5) is 28.1. The van der Waals surface area contributed by atoms with E-state index in [1.165, 1.54) is 35.2 Å². The first-order valence-corrected chi connectivity index (χ1v) is 9.12. The quantitative estimate of drug-likeness (QED) is 0.697. The minimum absolute atomic E-state index is 0.0313. The molecule has 0 aromatic heterocycles. The van der Waals surface area contributed by atoms with Crippen molar-refractivity contribution >= 4 is 35.0 Å². The van der Waals surface area contributed by atoms with E-state index in [0.29, 0.717) is 15.6 Å². The zero-order valence-electron chi connectivity index (χ0n) is 14.5. The van der Waals surface area contributed by atoms with Crippen LogP contribution in [0.15, 0.2) is 42.5 Å². The number of amides is 2. The Morgan fingerprint density at radius 2 is 1.29 bits per heavy atom. The van der Waals surface area contributed by atoms with E-state index < -0.39 is 17.6 Å². The summed E-state index contributed by atoms with van der Waals surface area (Å²) in [6, 6.07) is 8.86. The summed E-state index contributed by atoms with van der Waals surface area (Å²) in [6.07, 6.45) is -4.51. The van der Waals surface area contributed by atoms with Crippen molar-refractivity contribution in [1.82, 2.24) is 9.80 Å². The Bertz CT molecular complexity index is 890. The van der Waals surface area contributed by atoms with Gasteiger partial charge in [-0.3, -0.25) is 9.59 Å². The molecule has 0 aliphatic carbocycles. The van der Waals surface area contributed by atoms with Gasteiger partial charge in [0, 0.05) is 47.4 Å². The lowest BCUT2D eigenvalue weighted by atomic mass is 10.1. The Morgan fingerprint density at radius 1 is 0.786 bits per heavy atom. The van der Waals surface area contributed by atoms with Crippen LogP contribution in [0.1, 0.15) is 26.3 Å². The summed E-state index contributed by atoms with van der Waals surface area (Å²) < 4.78 is 38.5. The van der Waals surface area contributed by atoms with Gasteiger partial charge in [0.15, 0.2) is 0 Å². The molecule has 1 aliphatic rings. The van der Waals surface area contributed by atoms with E-state index in [0.717, 1.165) is 12.1 Å². The maximum atomic E-state index is 12.8. The summed E-state index contributed by atoms with van der Waals surface area (Å²) in [5.41, 5.74) is -0.559. The second kappa shape index (κ2) is 8.01. The van der Waals surface area contributed by atoms with Crippen molar-refractivity contribution in [3.8, 4) is 0 Å². The van der Waals surface area contributed by atoms with Gasteiger partial charge >= 0.3 is 6.18 Å². The molecule has 1 saturated heterocycles. The number of alkyl halides is 3. The highest BCUT2D eigenvalue weighted by Crippen LogP contribution is 2.30. The van der Waals surface area contributed by atoms with Crippen LogP contribution in [0.2, 0.25) is 10.0 Å². The number of benzene rings is 2. The monoisotopic (exact) mass is 430 g/mol. The van der Waals surface area contributed by atoms with Crippen LogP contribution < -0.4 is 0 Å². The number of hydrogen-bond acceptors (Lipinski definition) is 2. The number of rotatable bonds is 2. The average molecular weight is 431 g/mol. The molecular weight excluding hydrogens is 416 g/mol. The number of carbonyl (C=O) groups is 2. The minimum Gasteiger partial charge on any atom is -0.335 e. The molecule has 0 unspecified atom stereocenters. The zero-order chi connectivity index (χ0) is 20.5. The molecule has 9 heteroatoms. The molecule has 0 N–H and O–H groups in total. The molecule has 2 amide bonds. The fourth-order valence-corrected chi connectivity index (χ4v) is 3.51. The Morgan fingerprint density at radius 3 is 1.79 bits per heavy atom. The number of nitrogens with zero attached hydrogens (tertiary/aromatic N) is 2. The Hall–Kier alpha value is -2.25. The van der Waals surface area contributed by atoms with Gasteiger partial charge in [0.1, 0.15) is 0 Å². The standard InChI is InChI=1S/C19H15Cl2F3N2O2/c20-15-9-13(10-16(21)11-15)18(28)26-6-4-25(5-7-26)17(27)12-2-1-3-14(8-12)19(22,23)24/h1-3,8-11H,4-7H2. The van der Waals surface area contributed by atoms with Crippen LogP contribution in [0.3, 0.4) is 0 Å². The molecule has 1 aliphatic heterocycles. The lowest BCUT2D eigenvalue weighted by Crippen LogP contribution is -2.50. The van der Waals surface area contributed by atoms with Crippen molar-refractivity contribution < 1.29 is 22.8 Å². The van der Waals surface area contributed by atoms with Gasteiger partial charge in [0.25, 0.3) is 11.8 Å². The summed E-state index contributed by atoms with van der Waals surface area (Å²) in [5, 5.41) is 0.684. The Kier molecular flexibility index (Phi) is 5.86. The third-order valence-electron chi connectivity index (χ3n) is 4.40. The highest BCUT2D eigenvalue weighted by atomic mass is 35.5. The average Bonchev–Trinajstić information content (AvgIpc) is 2.65. The maximum Gasteiger partial charge on any atom is 0.416 e. The van der Waals surface area contributed by atoms with E-state index in [1.807, 2.05) is 0 Å². The predicted octanol–water partition coefficient (Wildman–Crippen LogP) is 4.61. The smallest absolute Gasteiger partial charge is 0.335 e. The first-order chi connectivity index (χ1) is 13.1. The SMILES string of the molecule is O=C(c1cc(Cl)cc(Cl)c1)N1CCN(C(=O)c2cccc(C(F)(F)F)c2)CC1.